The van der Waals surface area contributed by atoms with Gasteiger partial charge in [0.25, 0.3) is 0 Å². The summed E-state index contributed by atoms with van der Waals surface area (Å²) in [6.45, 7) is 1.79. The molecular weight excluding hydrogens is 164 g/mol. The first-order valence-corrected chi connectivity index (χ1v) is 4.95. The molecule has 13 heavy (non-hydrogen) atoms. The van der Waals surface area contributed by atoms with Gasteiger partial charge in [-0.1, -0.05) is 19.3 Å². The molecule has 0 radical (unpaired) electrons. The number of nitrogens with two attached hydrogens (primary N) is 1. The Morgan fingerprint density at radius 1 is 1.31 bits per heavy atom. The largest absolute Gasteiger partial charge is 0.288 e. The molecule has 0 spiro atoms. The smallest absolute Gasteiger partial charge is 0.109 e. The maximum atomic E-state index is 7.62. The second-order valence-corrected chi connectivity index (χ2v) is 3.80. The van der Waals surface area contributed by atoms with Crippen LogP contribution in [0.25, 0.3) is 0 Å². The van der Waals surface area contributed by atoms with E-state index in [9.17, 15) is 0 Å². The summed E-state index contributed by atoms with van der Waals surface area (Å²) in [5, 5.41) is 11.1. The van der Waals surface area contributed by atoms with Crippen molar-refractivity contribution in [2.75, 3.05) is 7.05 Å². The van der Waals surface area contributed by atoms with Crippen molar-refractivity contribution < 1.29 is 0 Å². The number of hydrogen-bond donors (Lipinski definition) is 2. The topological polar surface area (TPSA) is 56.4 Å². The van der Waals surface area contributed by atoms with E-state index in [1.807, 2.05) is 5.01 Å². The third kappa shape index (κ3) is 2.67. The number of nitrogens with one attached hydrogen (secondary N) is 1. The highest BCUT2D eigenvalue weighted by molar-refractivity contribution is 5.76. The highest BCUT2D eigenvalue weighted by atomic mass is 15.8. The molecular formula is C9H20N4. The zero-order valence-electron chi connectivity index (χ0n) is 8.58. The number of nitrogens with zero attached hydrogens (tertiary/aromatic N) is 2. The highest BCUT2D eigenvalue weighted by Crippen LogP contribution is 2.22. The van der Waals surface area contributed by atoms with Gasteiger partial charge in [-0.05, 0) is 19.8 Å². The summed E-state index contributed by atoms with van der Waals surface area (Å²) in [5.74, 6) is 6.23. The van der Waals surface area contributed by atoms with Gasteiger partial charge < -0.3 is 0 Å². The average Bonchev–Trinajstić information content (AvgIpc) is 2.04. The van der Waals surface area contributed by atoms with Crippen molar-refractivity contribution in [3.05, 3.63) is 0 Å². The molecule has 3 N–H and O–H groups in total. The van der Waals surface area contributed by atoms with Gasteiger partial charge in [0, 0.05) is 13.1 Å². The van der Waals surface area contributed by atoms with Crippen LogP contribution in [0.4, 0.5) is 0 Å². The maximum Gasteiger partial charge on any atom is 0.109 e. The Kier molecular flexibility index (Phi) is 3.69. The van der Waals surface area contributed by atoms with Crippen LogP contribution in [-0.2, 0) is 0 Å². The van der Waals surface area contributed by atoms with Gasteiger partial charge in [-0.25, -0.2) is 0 Å². The maximum absolute atomic E-state index is 7.62. The van der Waals surface area contributed by atoms with Gasteiger partial charge in [0.2, 0.25) is 0 Å². The number of amidine groups is 1. The van der Waals surface area contributed by atoms with Crippen LogP contribution in [0.1, 0.15) is 39.0 Å². The summed E-state index contributed by atoms with van der Waals surface area (Å²) in [6, 6.07) is 0.446. The van der Waals surface area contributed by atoms with E-state index >= 15 is 0 Å². The lowest BCUT2D eigenvalue weighted by molar-refractivity contribution is 0.0172. The SMILES string of the molecule is CC(=N)N(C1CCCCC1)N(C)N. The quantitative estimate of drug-likeness (QED) is 0.295. The Morgan fingerprint density at radius 3 is 2.23 bits per heavy atom. The van der Waals surface area contributed by atoms with Gasteiger partial charge in [0.15, 0.2) is 0 Å². The molecule has 0 unspecified atom stereocenters. The van der Waals surface area contributed by atoms with Gasteiger partial charge in [0.1, 0.15) is 5.84 Å². The summed E-state index contributed by atoms with van der Waals surface area (Å²) >= 11 is 0. The first-order chi connectivity index (χ1) is 6.13. The average molecular weight is 184 g/mol. The minimum atomic E-state index is 0.446. The molecule has 0 heterocycles. The summed E-state index contributed by atoms with van der Waals surface area (Å²) in [4.78, 5) is 0. The Morgan fingerprint density at radius 2 is 1.85 bits per heavy atom. The molecule has 0 aromatic rings. The van der Waals surface area contributed by atoms with Crippen molar-refractivity contribution in [2.45, 2.75) is 45.1 Å². The van der Waals surface area contributed by atoms with Crippen LogP contribution in [0.2, 0.25) is 0 Å². The summed E-state index contributed by atoms with van der Waals surface area (Å²) < 4.78 is 0. The number of hydrazine groups is 2. The normalized spacial score (nSPS) is 19.1. The number of hydrogen-bond acceptors (Lipinski definition) is 3. The second-order valence-electron chi connectivity index (χ2n) is 3.80. The van der Waals surface area contributed by atoms with Crippen molar-refractivity contribution in [1.82, 2.24) is 10.1 Å². The van der Waals surface area contributed by atoms with E-state index in [-0.39, 0.29) is 0 Å². The predicted octanol–water partition coefficient (Wildman–Crippen LogP) is 1.34. The predicted molar refractivity (Wildman–Crippen MR) is 54.1 cm³/mol. The molecule has 1 aliphatic carbocycles. The minimum Gasteiger partial charge on any atom is -0.288 e. The zero-order chi connectivity index (χ0) is 9.84. The van der Waals surface area contributed by atoms with Gasteiger partial charge in [-0.15, -0.1) is 0 Å². The van der Waals surface area contributed by atoms with Gasteiger partial charge in [-0.2, -0.15) is 5.12 Å². The first-order valence-electron chi connectivity index (χ1n) is 4.95. The van der Waals surface area contributed by atoms with Crippen LogP contribution >= 0.6 is 0 Å². The van der Waals surface area contributed by atoms with E-state index < -0.39 is 0 Å². The molecule has 1 aliphatic rings. The highest BCUT2D eigenvalue weighted by Gasteiger charge is 2.23. The van der Waals surface area contributed by atoms with E-state index in [2.05, 4.69) is 0 Å². The lowest BCUT2D eigenvalue weighted by Gasteiger charge is -2.38. The van der Waals surface area contributed by atoms with Crippen LogP contribution in [0.15, 0.2) is 0 Å². The van der Waals surface area contributed by atoms with E-state index in [1.54, 1.807) is 19.1 Å². The Bertz CT molecular complexity index is 172. The standard InChI is InChI=1S/C9H20N4/c1-8(10)13(12(2)11)9-6-4-3-5-7-9/h9-10H,3-7,11H2,1-2H3. The molecule has 0 bridgehead atoms. The van der Waals surface area contributed by atoms with Gasteiger partial charge in [-0.3, -0.25) is 16.3 Å². The van der Waals surface area contributed by atoms with Gasteiger partial charge in [0.05, 0.1) is 0 Å². The third-order valence-corrected chi connectivity index (χ3v) is 2.60. The van der Waals surface area contributed by atoms with Crippen LogP contribution in [0, 0.1) is 5.41 Å². The van der Waals surface area contributed by atoms with Crippen molar-refractivity contribution in [2.24, 2.45) is 5.84 Å². The van der Waals surface area contributed by atoms with E-state index in [0.29, 0.717) is 11.9 Å². The molecule has 0 amide bonds. The lowest BCUT2D eigenvalue weighted by atomic mass is 9.95. The fourth-order valence-corrected chi connectivity index (χ4v) is 2.09. The summed E-state index contributed by atoms with van der Waals surface area (Å²) in [7, 11) is 1.80. The summed E-state index contributed by atoms with van der Waals surface area (Å²) in [6.07, 6.45) is 6.19. The molecule has 1 fully saturated rings. The zero-order valence-corrected chi connectivity index (χ0v) is 8.58. The van der Waals surface area contributed by atoms with Crippen LogP contribution < -0.4 is 5.84 Å². The molecule has 0 aromatic carbocycles. The third-order valence-electron chi connectivity index (χ3n) is 2.60. The van der Waals surface area contributed by atoms with Gasteiger partial charge >= 0.3 is 0 Å². The molecule has 0 atom stereocenters. The second kappa shape index (κ2) is 4.58. The molecule has 4 nitrogen and oxygen atoms in total. The van der Waals surface area contributed by atoms with E-state index in [1.165, 1.54) is 19.3 Å². The fourth-order valence-electron chi connectivity index (χ4n) is 2.09. The Balaban J connectivity index is 2.57. The van der Waals surface area contributed by atoms with Crippen LogP contribution in [0.3, 0.4) is 0 Å². The van der Waals surface area contributed by atoms with Crippen molar-refractivity contribution >= 4 is 5.84 Å². The van der Waals surface area contributed by atoms with E-state index in [0.717, 1.165) is 12.8 Å². The summed E-state index contributed by atoms with van der Waals surface area (Å²) in [5.41, 5.74) is 0. The fraction of sp³-hybridized carbons (Fsp3) is 0.889. The van der Waals surface area contributed by atoms with Crippen molar-refractivity contribution in [1.29, 1.82) is 5.41 Å². The lowest BCUT2D eigenvalue weighted by Crippen LogP contribution is -2.53. The molecule has 4 heteroatoms. The monoisotopic (exact) mass is 184 g/mol. The Labute approximate surface area is 80.1 Å². The molecule has 1 saturated carbocycles. The molecule has 0 saturated heterocycles. The van der Waals surface area contributed by atoms with Crippen LogP contribution in [-0.4, -0.2) is 29.1 Å². The first kappa shape index (κ1) is 10.5. The Hall–Kier alpha value is -0.610. The molecule has 0 aromatic heterocycles. The molecule has 76 valence electrons. The molecule has 1 rings (SSSR count). The molecule has 0 aliphatic heterocycles. The number of rotatable bonds is 2. The van der Waals surface area contributed by atoms with Crippen LogP contribution in [0.5, 0.6) is 0 Å². The minimum absolute atomic E-state index is 0.446. The van der Waals surface area contributed by atoms with E-state index in [4.69, 9.17) is 11.3 Å². The van der Waals surface area contributed by atoms with Crippen molar-refractivity contribution in [3.63, 3.8) is 0 Å². The van der Waals surface area contributed by atoms with Crippen molar-refractivity contribution in [3.8, 4) is 0 Å².